The SMILES string of the molecule is CC(C)Oc1nn([C@H](C)C#N)cc1NC=O. The predicted octanol–water partition coefficient (Wildman–Crippen LogP) is 1.32. The van der Waals surface area contributed by atoms with Crippen LogP contribution in [0.1, 0.15) is 26.8 Å². The van der Waals surface area contributed by atoms with Crippen LogP contribution in [-0.2, 0) is 4.79 Å². The third kappa shape index (κ3) is 2.73. The van der Waals surface area contributed by atoms with Gasteiger partial charge in [0.15, 0.2) is 0 Å². The van der Waals surface area contributed by atoms with Crippen molar-refractivity contribution >= 4 is 12.1 Å². The number of ether oxygens (including phenoxy) is 1. The maximum atomic E-state index is 10.4. The molecule has 86 valence electrons. The lowest BCUT2D eigenvalue weighted by Gasteiger charge is -2.07. The number of carbonyl (C=O) groups is 1. The molecule has 0 fully saturated rings. The molecule has 1 N–H and O–H groups in total. The van der Waals surface area contributed by atoms with Gasteiger partial charge in [-0.3, -0.25) is 4.79 Å². The van der Waals surface area contributed by atoms with Gasteiger partial charge in [-0.15, -0.1) is 5.10 Å². The highest BCUT2D eigenvalue weighted by Crippen LogP contribution is 2.24. The lowest BCUT2D eigenvalue weighted by Crippen LogP contribution is -2.08. The van der Waals surface area contributed by atoms with Crippen LogP contribution in [0, 0.1) is 11.3 Å². The molecular formula is C10H14N4O2. The first kappa shape index (κ1) is 12.0. The Labute approximate surface area is 93.8 Å². The molecule has 0 unspecified atom stereocenters. The van der Waals surface area contributed by atoms with Crippen molar-refractivity contribution in [1.82, 2.24) is 9.78 Å². The van der Waals surface area contributed by atoms with E-state index >= 15 is 0 Å². The Hall–Kier alpha value is -2.03. The number of amides is 1. The van der Waals surface area contributed by atoms with Crippen molar-refractivity contribution in [2.75, 3.05) is 5.32 Å². The van der Waals surface area contributed by atoms with E-state index in [1.54, 1.807) is 13.1 Å². The van der Waals surface area contributed by atoms with Crippen molar-refractivity contribution in [2.24, 2.45) is 0 Å². The first-order valence-electron chi connectivity index (χ1n) is 4.94. The highest BCUT2D eigenvalue weighted by atomic mass is 16.5. The number of hydrogen-bond donors (Lipinski definition) is 1. The second-order valence-corrected chi connectivity index (χ2v) is 3.56. The number of rotatable bonds is 5. The normalized spacial score (nSPS) is 11.9. The first-order chi connectivity index (χ1) is 7.58. The quantitative estimate of drug-likeness (QED) is 0.762. The van der Waals surface area contributed by atoms with E-state index in [4.69, 9.17) is 10.00 Å². The van der Waals surface area contributed by atoms with E-state index in [2.05, 4.69) is 10.4 Å². The number of carbonyl (C=O) groups excluding carboxylic acids is 1. The van der Waals surface area contributed by atoms with Crippen LogP contribution in [0.3, 0.4) is 0 Å². The van der Waals surface area contributed by atoms with E-state index < -0.39 is 6.04 Å². The van der Waals surface area contributed by atoms with Crippen LogP contribution in [0.15, 0.2) is 6.20 Å². The minimum Gasteiger partial charge on any atom is -0.472 e. The molecule has 0 saturated heterocycles. The Balaban J connectivity index is 3.00. The van der Waals surface area contributed by atoms with Gasteiger partial charge in [0.05, 0.1) is 18.4 Å². The van der Waals surface area contributed by atoms with Gasteiger partial charge >= 0.3 is 0 Å². The van der Waals surface area contributed by atoms with Gasteiger partial charge in [-0.25, -0.2) is 4.68 Å². The first-order valence-corrected chi connectivity index (χ1v) is 4.94. The summed E-state index contributed by atoms with van der Waals surface area (Å²) in [5.74, 6) is 0.323. The second kappa shape index (κ2) is 5.16. The molecule has 0 saturated carbocycles. The summed E-state index contributed by atoms with van der Waals surface area (Å²) in [5, 5.41) is 15.3. The van der Waals surface area contributed by atoms with Gasteiger partial charge in [0, 0.05) is 0 Å². The van der Waals surface area contributed by atoms with Gasteiger partial charge in [0.25, 0.3) is 5.88 Å². The average Bonchev–Trinajstić information content (AvgIpc) is 2.60. The van der Waals surface area contributed by atoms with Crippen molar-refractivity contribution in [3.8, 4) is 11.9 Å². The van der Waals surface area contributed by atoms with Gasteiger partial charge in [0.2, 0.25) is 6.41 Å². The number of hydrogen-bond acceptors (Lipinski definition) is 4. The molecule has 0 aliphatic rings. The summed E-state index contributed by atoms with van der Waals surface area (Å²) in [7, 11) is 0. The largest absolute Gasteiger partial charge is 0.472 e. The molecule has 1 atom stereocenters. The van der Waals surface area contributed by atoms with Crippen LogP contribution < -0.4 is 10.1 Å². The number of nitrogens with zero attached hydrogens (tertiary/aromatic N) is 3. The Morgan fingerprint density at radius 3 is 2.81 bits per heavy atom. The van der Waals surface area contributed by atoms with E-state index in [9.17, 15) is 4.79 Å². The summed E-state index contributed by atoms with van der Waals surface area (Å²) in [6.07, 6.45) is 2.07. The molecule has 16 heavy (non-hydrogen) atoms. The van der Waals surface area contributed by atoms with Crippen molar-refractivity contribution in [3.63, 3.8) is 0 Å². The lowest BCUT2D eigenvalue weighted by molar-refractivity contribution is -0.105. The Morgan fingerprint density at radius 1 is 1.62 bits per heavy atom. The molecule has 0 aliphatic carbocycles. The van der Waals surface area contributed by atoms with Crippen LogP contribution in [0.2, 0.25) is 0 Å². The van der Waals surface area contributed by atoms with Gasteiger partial charge < -0.3 is 10.1 Å². The van der Waals surface area contributed by atoms with Crippen molar-refractivity contribution in [2.45, 2.75) is 32.9 Å². The van der Waals surface area contributed by atoms with Gasteiger partial charge in [0.1, 0.15) is 11.7 Å². The third-order valence-electron chi connectivity index (χ3n) is 1.84. The van der Waals surface area contributed by atoms with Gasteiger partial charge in [-0.05, 0) is 20.8 Å². The molecule has 1 rings (SSSR count). The molecule has 0 aromatic carbocycles. The van der Waals surface area contributed by atoms with Crippen LogP contribution >= 0.6 is 0 Å². The number of nitrogens with one attached hydrogen (secondary N) is 1. The molecule has 1 aromatic rings. The van der Waals surface area contributed by atoms with Gasteiger partial charge in [-0.1, -0.05) is 0 Å². The van der Waals surface area contributed by atoms with E-state index in [0.717, 1.165) is 0 Å². The fraction of sp³-hybridized carbons (Fsp3) is 0.500. The summed E-state index contributed by atoms with van der Waals surface area (Å²) in [6.45, 7) is 5.42. The maximum absolute atomic E-state index is 10.4. The molecule has 1 heterocycles. The maximum Gasteiger partial charge on any atom is 0.257 e. The number of anilines is 1. The molecule has 0 aliphatic heterocycles. The number of nitriles is 1. The highest BCUT2D eigenvalue weighted by Gasteiger charge is 2.14. The second-order valence-electron chi connectivity index (χ2n) is 3.56. The van der Waals surface area contributed by atoms with Crippen molar-refractivity contribution < 1.29 is 9.53 Å². The van der Waals surface area contributed by atoms with E-state index in [1.165, 1.54) is 4.68 Å². The topological polar surface area (TPSA) is 79.9 Å². The van der Waals surface area contributed by atoms with Crippen molar-refractivity contribution in [1.29, 1.82) is 5.26 Å². The predicted molar refractivity (Wildman–Crippen MR) is 58.0 cm³/mol. The summed E-state index contributed by atoms with van der Waals surface area (Å²) >= 11 is 0. The molecule has 1 amide bonds. The molecule has 6 nitrogen and oxygen atoms in total. The van der Waals surface area contributed by atoms with Crippen LogP contribution in [0.5, 0.6) is 5.88 Å². The fourth-order valence-corrected chi connectivity index (χ4v) is 1.11. The van der Waals surface area contributed by atoms with Crippen molar-refractivity contribution in [3.05, 3.63) is 6.20 Å². The monoisotopic (exact) mass is 222 g/mol. The minimum absolute atomic E-state index is 0.0482. The van der Waals surface area contributed by atoms with E-state index in [0.29, 0.717) is 18.0 Å². The zero-order valence-corrected chi connectivity index (χ0v) is 9.47. The average molecular weight is 222 g/mol. The summed E-state index contributed by atoms with van der Waals surface area (Å²) in [5.41, 5.74) is 0.464. The molecule has 0 radical (unpaired) electrons. The highest BCUT2D eigenvalue weighted by molar-refractivity contribution is 5.73. The fourth-order valence-electron chi connectivity index (χ4n) is 1.11. The van der Waals surface area contributed by atoms with E-state index in [-0.39, 0.29) is 6.10 Å². The summed E-state index contributed by atoms with van der Waals surface area (Å²) in [4.78, 5) is 10.4. The molecule has 0 spiro atoms. The molecule has 6 heteroatoms. The summed E-state index contributed by atoms with van der Waals surface area (Å²) < 4.78 is 6.86. The Morgan fingerprint density at radius 2 is 2.31 bits per heavy atom. The van der Waals surface area contributed by atoms with Crippen LogP contribution in [0.4, 0.5) is 5.69 Å². The zero-order chi connectivity index (χ0) is 12.1. The van der Waals surface area contributed by atoms with Gasteiger partial charge in [-0.2, -0.15) is 5.26 Å². The smallest absolute Gasteiger partial charge is 0.257 e. The Kier molecular flexibility index (Phi) is 3.89. The number of aromatic nitrogens is 2. The lowest BCUT2D eigenvalue weighted by atomic mass is 10.4. The van der Waals surface area contributed by atoms with Crippen LogP contribution in [0.25, 0.3) is 0 Å². The molecular weight excluding hydrogens is 208 g/mol. The standard InChI is InChI=1S/C10H14N4O2/c1-7(2)16-10-9(12-6-15)5-14(13-10)8(3)4-11/h5-8H,1-3H3,(H,12,15)/t8-/m1/s1. The summed E-state index contributed by atoms with van der Waals surface area (Å²) in [6, 6.07) is 1.64. The minimum atomic E-state index is -0.406. The Bertz CT molecular complexity index is 405. The molecule has 1 aromatic heterocycles. The van der Waals surface area contributed by atoms with E-state index in [1.807, 2.05) is 19.9 Å². The zero-order valence-electron chi connectivity index (χ0n) is 9.47. The van der Waals surface area contributed by atoms with Crippen LogP contribution in [-0.4, -0.2) is 22.3 Å². The third-order valence-corrected chi connectivity index (χ3v) is 1.84. The molecule has 0 bridgehead atoms.